The normalized spacial score (nSPS) is 26.2. The number of carbonyl (C=O) groups is 3. The van der Waals surface area contributed by atoms with Crippen molar-refractivity contribution in [3.63, 3.8) is 0 Å². The number of fused-ring (bicyclic) bond motifs is 1. The average Bonchev–Trinajstić information content (AvgIpc) is 2.95. The maximum absolute atomic E-state index is 12.9. The lowest BCUT2D eigenvalue weighted by molar-refractivity contribution is -0.171. The number of aromatic nitrogens is 3. The van der Waals surface area contributed by atoms with Crippen LogP contribution in [0.2, 0.25) is 0 Å². The van der Waals surface area contributed by atoms with Gasteiger partial charge in [-0.05, 0) is 20.8 Å². The molecular formula is C15H20N4O4S2. The molecule has 1 unspecified atom stereocenters. The number of hydrogen-bond acceptors (Lipinski definition) is 8. The Balaban J connectivity index is 1.81. The van der Waals surface area contributed by atoms with Gasteiger partial charge in [0.05, 0.1) is 0 Å². The summed E-state index contributed by atoms with van der Waals surface area (Å²) < 4.78 is 7.39. The van der Waals surface area contributed by atoms with Crippen LogP contribution in [0.5, 0.6) is 0 Å². The molecule has 10 heteroatoms. The van der Waals surface area contributed by atoms with Crippen LogP contribution in [-0.2, 0) is 26.2 Å². The van der Waals surface area contributed by atoms with Crippen LogP contribution in [0.15, 0.2) is 11.5 Å². The van der Waals surface area contributed by atoms with Crippen molar-refractivity contribution in [2.24, 2.45) is 12.5 Å². The molecular weight excluding hydrogens is 364 g/mol. The lowest BCUT2D eigenvalue weighted by Gasteiger charge is -2.49. The van der Waals surface area contributed by atoms with Gasteiger partial charge in [0.2, 0.25) is 0 Å². The summed E-state index contributed by atoms with van der Waals surface area (Å²) in [4.78, 5) is 37.9. The number of esters is 1. The summed E-state index contributed by atoms with van der Waals surface area (Å²) in [6, 6.07) is 0. The Hall–Kier alpha value is -1.55. The maximum atomic E-state index is 12.9. The minimum absolute atomic E-state index is 0.189. The van der Waals surface area contributed by atoms with Gasteiger partial charge in [0.15, 0.2) is 5.16 Å². The molecule has 0 spiro atoms. The molecule has 2 aliphatic rings. The quantitative estimate of drug-likeness (QED) is 0.324. The Kier molecular flexibility index (Phi) is 4.61. The summed E-state index contributed by atoms with van der Waals surface area (Å²) >= 11 is 2.72. The molecule has 0 radical (unpaired) electrons. The third-order valence-electron chi connectivity index (χ3n) is 3.95. The van der Waals surface area contributed by atoms with Crippen LogP contribution in [0, 0.1) is 5.41 Å². The Morgan fingerprint density at radius 2 is 2.20 bits per heavy atom. The fraction of sp³-hybridized carbons (Fsp3) is 0.667. The van der Waals surface area contributed by atoms with Gasteiger partial charge in [0.25, 0.3) is 11.7 Å². The lowest BCUT2D eigenvalue weighted by atomic mass is 9.89. The van der Waals surface area contributed by atoms with E-state index in [1.54, 1.807) is 10.9 Å². The second kappa shape index (κ2) is 6.31. The first-order valence-electron chi connectivity index (χ1n) is 7.80. The van der Waals surface area contributed by atoms with E-state index in [0.29, 0.717) is 16.7 Å². The monoisotopic (exact) mass is 384 g/mol. The van der Waals surface area contributed by atoms with E-state index in [0.717, 1.165) is 0 Å². The van der Waals surface area contributed by atoms with E-state index in [1.165, 1.54) is 28.4 Å². The third-order valence-corrected chi connectivity index (χ3v) is 6.78. The molecule has 25 heavy (non-hydrogen) atoms. The van der Waals surface area contributed by atoms with E-state index < -0.39 is 22.3 Å². The Morgan fingerprint density at radius 1 is 1.48 bits per heavy atom. The molecule has 0 N–H and O–H groups in total. The number of carbonyl (C=O) groups excluding carboxylic acids is 3. The second-order valence-corrected chi connectivity index (χ2v) is 9.27. The van der Waals surface area contributed by atoms with Gasteiger partial charge in [0, 0.05) is 25.1 Å². The van der Waals surface area contributed by atoms with Crippen LogP contribution < -0.4 is 0 Å². The van der Waals surface area contributed by atoms with Crippen LogP contribution in [0.3, 0.4) is 0 Å². The molecule has 136 valence electrons. The first kappa shape index (κ1) is 18.2. The Morgan fingerprint density at radius 3 is 2.80 bits per heavy atom. The lowest BCUT2D eigenvalue weighted by Crippen LogP contribution is -2.68. The third kappa shape index (κ3) is 3.41. The van der Waals surface area contributed by atoms with E-state index in [9.17, 15) is 14.4 Å². The first-order valence-corrected chi connectivity index (χ1v) is 9.83. The molecule has 8 nitrogen and oxygen atoms in total. The van der Waals surface area contributed by atoms with Gasteiger partial charge in [-0.1, -0.05) is 11.8 Å². The van der Waals surface area contributed by atoms with Crippen LogP contribution >= 0.6 is 23.5 Å². The van der Waals surface area contributed by atoms with Gasteiger partial charge in [-0.25, -0.2) is 0 Å². The molecule has 1 amide bonds. The molecule has 1 aromatic rings. The van der Waals surface area contributed by atoms with Crippen LogP contribution in [0.25, 0.3) is 0 Å². The predicted molar refractivity (Wildman–Crippen MR) is 93.0 cm³/mol. The van der Waals surface area contributed by atoms with Crippen molar-refractivity contribution in [3.05, 3.63) is 6.33 Å². The van der Waals surface area contributed by atoms with Crippen molar-refractivity contribution in [1.29, 1.82) is 0 Å². The van der Waals surface area contributed by atoms with Gasteiger partial charge in [-0.2, -0.15) is 0 Å². The molecule has 2 fully saturated rings. The zero-order valence-electron chi connectivity index (χ0n) is 14.5. The summed E-state index contributed by atoms with van der Waals surface area (Å²) in [5.74, 6) is -0.440. The van der Waals surface area contributed by atoms with Gasteiger partial charge < -0.3 is 14.2 Å². The molecule has 2 aliphatic heterocycles. The minimum atomic E-state index is -0.887. The molecule has 2 atom stereocenters. The Bertz CT molecular complexity index is 729. The van der Waals surface area contributed by atoms with Crippen LogP contribution in [0.4, 0.5) is 0 Å². The molecule has 3 heterocycles. The molecule has 0 bridgehead atoms. The van der Waals surface area contributed by atoms with Gasteiger partial charge in [-0.15, -0.1) is 22.0 Å². The number of Topliss-reactive ketones (excluding diaryl/α,β-unsaturated/α-hetero) is 1. The number of nitrogens with zero attached hydrogens (tertiary/aromatic N) is 4. The first-order chi connectivity index (χ1) is 11.6. The summed E-state index contributed by atoms with van der Waals surface area (Å²) in [5, 5.41) is 8.08. The summed E-state index contributed by atoms with van der Waals surface area (Å²) in [7, 11) is 1.83. The van der Waals surface area contributed by atoms with Crippen LogP contribution in [0.1, 0.15) is 20.8 Å². The topological polar surface area (TPSA) is 94.4 Å². The second-order valence-electron chi connectivity index (χ2n) is 7.26. The standard InChI is InChI=1S/C15H20N4O4S2/c1-14(2,3)23-12(22)15(7-25-13-17-16-8-18(13)4)5-19-10(21)9(20)11(19)24-6-15/h8,11H,5-7H2,1-4H3/t11-,15?/m1/s1. The number of hydrogen-bond donors (Lipinski definition) is 0. The van der Waals surface area contributed by atoms with Gasteiger partial charge >= 0.3 is 5.97 Å². The Labute approximate surface area is 154 Å². The molecule has 0 saturated carbocycles. The van der Waals surface area contributed by atoms with E-state index in [1.807, 2.05) is 27.8 Å². The zero-order valence-corrected chi connectivity index (χ0v) is 16.1. The highest BCUT2D eigenvalue weighted by molar-refractivity contribution is 8.01. The zero-order chi connectivity index (χ0) is 18.4. The van der Waals surface area contributed by atoms with E-state index in [4.69, 9.17) is 4.74 Å². The number of ketones is 1. The number of aryl methyl sites for hydroxylation is 1. The van der Waals surface area contributed by atoms with Gasteiger partial charge in [0.1, 0.15) is 22.7 Å². The van der Waals surface area contributed by atoms with Crippen molar-refractivity contribution in [2.45, 2.75) is 36.9 Å². The van der Waals surface area contributed by atoms with E-state index in [-0.39, 0.29) is 18.3 Å². The molecule has 2 saturated heterocycles. The fourth-order valence-corrected chi connectivity index (χ4v) is 5.21. The van der Waals surface area contributed by atoms with E-state index >= 15 is 0 Å². The predicted octanol–water partition coefficient (Wildman–Crippen LogP) is 0.719. The number of thioether (sulfide) groups is 2. The minimum Gasteiger partial charge on any atom is -0.459 e. The molecule has 1 aromatic heterocycles. The van der Waals surface area contributed by atoms with Crippen molar-refractivity contribution < 1.29 is 19.1 Å². The van der Waals surface area contributed by atoms with Crippen molar-refractivity contribution in [2.75, 3.05) is 18.1 Å². The van der Waals surface area contributed by atoms with Crippen molar-refractivity contribution in [1.82, 2.24) is 19.7 Å². The SMILES string of the molecule is Cn1cnnc1SCC1(C(=O)OC(C)(C)C)CS[C@@H]2C(=O)C(=O)N2C1. The number of amides is 1. The summed E-state index contributed by atoms with van der Waals surface area (Å²) in [6.45, 7) is 5.62. The highest BCUT2D eigenvalue weighted by atomic mass is 32.2. The maximum Gasteiger partial charge on any atom is 0.316 e. The smallest absolute Gasteiger partial charge is 0.316 e. The highest BCUT2D eigenvalue weighted by Gasteiger charge is 2.57. The average molecular weight is 384 g/mol. The number of β-lactam (4-membered cyclic amide) rings is 1. The summed E-state index contributed by atoms with van der Waals surface area (Å²) in [5.41, 5.74) is -1.52. The largest absolute Gasteiger partial charge is 0.459 e. The molecule has 3 rings (SSSR count). The molecule has 0 aromatic carbocycles. The fourth-order valence-electron chi connectivity index (χ4n) is 2.62. The number of ether oxygens (including phenoxy) is 1. The molecule has 0 aliphatic carbocycles. The van der Waals surface area contributed by atoms with Gasteiger partial charge in [-0.3, -0.25) is 14.4 Å². The number of rotatable bonds is 4. The van der Waals surface area contributed by atoms with Crippen LogP contribution in [-0.4, -0.2) is 66.3 Å². The van der Waals surface area contributed by atoms with Crippen molar-refractivity contribution in [3.8, 4) is 0 Å². The van der Waals surface area contributed by atoms with Crippen molar-refractivity contribution >= 4 is 41.2 Å². The summed E-state index contributed by atoms with van der Waals surface area (Å²) in [6.07, 6.45) is 1.59. The highest BCUT2D eigenvalue weighted by Crippen LogP contribution is 2.43. The van der Waals surface area contributed by atoms with E-state index in [2.05, 4.69) is 10.2 Å².